The molecule has 7 nitrogen and oxygen atoms in total. The van der Waals surface area contributed by atoms with Gasteiger partial charge in [-0.15, -0.1) is 0 Å². The Bertz CT molecular complexity index is 1020. The van der Waals surface area contributed by atoms with Gasteiger partial charge >= 0.3 is 12.1 Å². The van der Waals surface area contributed by atoms with Crippen LogP contribution in [0, 0.1) is 11.8 Å². The summed E-state index contributed by atoms with van der Waals surface area (Å²) in [5.74, 6) is -1.84. The summed E-state index contributed by atoms with van der Waals surface area (Å²) in [6.07, 6.45) is 0.472. The first-order valence-corrected chi connectivity index (χ1v) is 12.4. The van der Waals surface area contributed by atoms with Gasteiger partial charge < -0.3 is 20.5 Å². The van der Waals surface area contributed by atoms with E-state index in [9.17, 15) is 19.5 Å². The minimum absolute atomic E-state index is 0.0480. The maximum atomic E-state index is 13.0. The molecular weight excluding hydrogens is 444 g/mol. The zero-order chi connectivity index (χ0) is 25.6. The fourth-order valence-corrected chi connectivity index (χ4v) is 4.83. The van der Waals surface area contributed by atoms with E-state index in [1.54, 1.807) is 13.8 Å². The van der Waals surface area contributed by atoms with E-state index >= 15 is 0 Å². The van der Waals surface area contributed by atoms with Crippen molar-refractivity contribution in [3.05, 3.63) is 59.7 Å². The SMILES string of the molecule is CCC(CC)(NC(=O)C(CNC(=O)OCC1c2ccccc2-c2ccccc21)CC(C)C)C(=O)O. The number of nitrogens with one attached hydrogen (secondary N) is 2. The Morgan fingerprint density at radius 2 is 1.51 bits per heavy atom. The van der Waals surface area contributed by atoms with Gasteiger partial charge in [-0.2, -0.15) is 0 Å². The lowest BCUT2D eigenvalue weighted by molar-refractivity contribution is -0.148. The van der Waals surface area contributed by atoms with Crippen LogP contribution >= 0.6 is 0 Å². The van der Waals surface area contributed by atoms with Gasteiger partial charge in [0.1, 0.15) is 12.1 Å². The second-order valence-corrected chi connectivity index (χ2v) is 9.62. The van der Waals surface area contributed by atoms with Crippen molar-refractivity contribution in [2.24, 2.45) is 11.8 Å². The third-order valence-electron chi connectivity index (χ3n) is 6.94. The average Bonchev–Trinajstić information content (AvgIpc) is 3.17. The van der Waals surface area contributed by atoms with Gasteiger partial charge in [0.15, 0.2) is 0 Å². The number of carboxylic acid groups (broad SMARTS) is 1. The number of carbonyl (C=O) groups excluding carboxylic acids is 2. The van der Waals surface area contributed by atoms with Gasteiger partial charge in [-0.1, -0.05) is 76.2 Å². The van der Waals surface area contributed by atoms with Crippen molar-refractivity contribution in [3.63, 3.8) is 0 Å². The summed E-state index contributed by atoms with van der Waals surface area (Å²) in [5, 5.41) is 15.1. The molecule has 0 radical (unpaired) electrons. The van der Waals surface area contributed by atoms with Crippen LogP contribution in [0.25, 0.3) is 11.1 Å². The highest BCUT2D eigenvalue weighted by molar-refractivity contribution is 5.88. The Hall–Kier alpha value is -3.35. The second-order valence-electron chi connectivity index (χ2n) is 9.62. The van der Waals surface area contributed by atoms with Gasteiger partial charge in [0.2, 0.25) is 5.91 Å². The number of carbonyl (C=O) groups is 3. The Morgan fingerprint density at radius 1 is 0.971 bits per heavy atom. The Balaban J connectivity index is 1.63. The lowest BCUT2D eigenvalue weighted by Crippen LogP contribution is -2.56. The summed E-state index contributed by atoms with van der Waals surface area (Å²) < 4.78 is 5.58. The molecule has 1 atom stereocenters. The predicted octanol–water partition coefficient (Wildman–Crippen LogP) is 4.95. The van der Waals surface area contributed by atoms with Gasteiger partial charge in [0.05, 0.1) is 5.92 Å². The molecule has 1 unspecified atom stereocenters. The second kappa shape index (κ2) is 11.4. The van der Waals surface area contributed by atoms with Crippen LogP contribution in [0.2, 0.25) is 0 Å². The fourth-order valence-electron chi connectivity index (χ4n) is 4.83. The topological polar surface area (TPSA) is 105 Å². The van der Waals surface area contributed by atoms with E-state index in [4.69, 9.17) is 4.74 Å². The Labute approximate surface area is 207 Å². The van der Waals surface area contributed by atoms with Crippen LogP contribution < -0.4 is 10.6 Å². The van der Waals surface area contributed by atoms with Gasteiger partial charge in [-0.25, -0.2) is 9.59 Å². The van der Waals surface area contributed by atoms with E-state index in [-0.39, 0.29) is 43.7 Å². The molecule has 2 aromatic carbocycles. The molecule has 0 aliphatic heterocycles. The number of ether oxygens (including phenoxy) is 1. The van der Waals surface area contributed by atoms with Crippen LogP contribution in [0.1, 0.15) is 64.0 Å². The summed E-state index contributed by atoms with van der Waals surface area (Å²) in [5.41, 5.74) is 3.25. The maximum Gasteiger partial charge on any atom is 0.407 e. The van der Waals surface area contributed by atoms with Crippen LogP contribution in [0.5, 0.6) is 0 Å². The number of fused-ring (bicyclic) bond motifs is 3. The van der Waals surface area contributed by atoms with Crippen molar-refractivity contribution in [2.45, 2.75) is 58.4 Å². The summed E-state index contributed by atoms with van der Waals surface area (Å²) in [4.78, 5) is 37.4. The summed E-state index contributed by atoms with van der Waals surface area (Å²) in [6, 6.07) is 16.2. The lowest BCUT2D eigenvalue weighted by Gasteiger charge is -2.30. The lowest BCUT2D eigenvalue weighted by atomic mass is 9.90. The smallest absolute Gasteiger partial charge is 0.407 e. The molecule has 7 heteroatoms. The number of aliphatic carboxylic acids is 1. The minimum Gasteiger partial charge on any atom is -0.480 e. The average molecular weight is 481 g/mol. The molecule has 3 N–H and O–H groups in total. The first-order valence-electron chi connectivity index (χ1n) is 12.4. The number of rotatable bonds is 11. The van der Waals surface area contributed by atoms with Crippen molar-refractivity contribution < 1.29 is 24.2 Å². The summed E-state index contributed by atoms with van der Waals surface area (Å²) in [6.45, 7) is 7.71. The quantitative estimate of drug-likeness (QED) is 0.422. The van der Waals surface area contributed by atoms with Crippen molar-refractivity contribution in [2.75, 3.05) is 13.2 Å². The highest BCUT2D eigenvalue weighted by Gasteiger charge is 2.38. The van der Waals surface area contributed by atoms with E-state index in [0.717, 1.165) is 22.3 Å². The zero-order valence-electron chi connectivity index (χ0n) is 21.0. The molecule has 0 heterocycles. The normalized spacial score (nSPS) is 13.6. The summed E-state index contributed by atoms with van der Waals surface area (Å²) in [7, 11) is 0. The number of benzene rings is 2. The standard InChI is InChI=1S/C28H36N2O5/c1-5-28(6-2,26(32)33)30-25(31)19(15-18(3)4)16-29-27(34)35-17-24-22-13-9-7-11-20(22)21-12-8-10-14-23(21)24/h7-14,18-19,24H,5-6,15-17H2,1-4H3,(H,29,34)(H,30,31)(H,32,33). The molecule has 0 fully saturated rings. The van der Waals surface area contributed by atoms with Crippen LogP contribution in [-0.4, -0.2) is 41.8 Å². The number of alkyl carbamates (subject to hydrolysis) is 1. The molecule has 1 aliphatic rings. The number of carboxylic acids is 1. The van der Waals surface area contributed by atoms with E-state index < -0.39 is 23.5 Å². The molecule has 2 amide bonds. The highest BCUT2D eigenvalue weighted by atomic mass is 16.5. The molecule has 0 bridgehead atoms. The van der Waals surface area contributed by atoms with Crippen molar-refractivity contribution in [3.8, 4) is 11.1 Å². The van der Waals surface area contributed by atoms with Crippen molar-refractivity contribution in [1.82, 2.24) is 10.6 Å². The maximum absolute atomic E-state index is 13.0. The molecule has 35 heavy (non-hydrogen) atoms. The first kappa shape index (κ1) is 26.3. The zero-order valence-corrected chi connectivity index (χ0v) is 21.0. The Kier molecular flexibility index (Phi) is 8.54. The molecule has 0 saturated carbocycles. The molecule has 1 aliphatic carbocycles. The largest absolute Gasteiger partial charge is 0.480 e. The summed E-state index contributed by atoms with van der Waals surface area (Å²) >= 11 is 0. The van der Waals surface area contributed by atoms with E-state index in [1.807, 2.05) is 38.1 Å². The van der Waals surface area contributed by atoms with Gasteiger partial charge in [0, 0.05) is 12.5 Å². The monoisotopic (exact) mass is 480 g/mol. The molecule has 0 saturated heterocycles. The van der Waals surface area contributed by atoms with Gasteiger partial charge in [0.25, 0.3) is 0 Å². The van der Waals surface area contributed by atoms with E-state index in [2.05, 4.69) is 34.9 Å². The minimum atomic E-state index is -1.31. The Morgan fingerprint density at radius 3 is 2.00 bits per heavy atom. The van der Waals surface area contributed by atoms with Crippen molar-refractivity contribution in [1.29, 1.82) is 0 Å². The number of hydrogen-bond donors (Lipinski definition) is 3. The molecular formula is C28H36N2O5. The van der Waals surface area contributed by atoms with Gasteiger partial charge in [-0.05, 0) is 47.4 Å². The third-order valence-corrected chi connectivity index (χ3v) is 6.94. The molecule has 2 aromatic rings. The van der Waals surface area contributed by atoms with Crippen LogP contribution in [0.15, 0.2) is 48.5 Å². The first-order chi connectivity index (χ1) is 16.7. The predicted molar refractivity (Wildman–Crippen MR) is 135 cm³/mol. The molecule has 0 aromatic heterocycles. The third kappa shape index (κ3) is 5.84. The van der Waals surface area contributed by atoms with E-state index in [1.165, 1.54) is 0 Å². The van der Waals surface area contributed by atoms with Crippen molar-refractivity contribution >= 4 is 18.0 Å². The highest BCUT2D eigenvalue weighted by Crippen LogP contribution is 2.44. The van der Waals surface area contributed by atoms with E-state index in [0.29, 0.717) is 6.42 Å². The number of hydrogen-bond acceptors (Lipinski definition) is 4. The van der Waals surface area contributed by atoms with Crippen LogP contribution in [0.3, 0.4) is 0 Å². The van der Waals surface area contributed by atoms with Crippen LogP contribution in [-0.2, 0) is 14.3 Å². The number of amides is 2. The fraction of sp³-hybridized carbons (Fsp3) is 0.464. The molecule has 0 spiro atoms. The van der Waals surface area contributed by atoms with Gasteiger partial charge in [-0.3, -0.25) is 4.79 Å². The molecule has 188 valence electrons. The molecule has 3 rings (SSSR count). The van der Waals surface area contributed by atoms with Crippen LogP contribution in [0.4, 0.5) is 4.79 Å².